The molecule has 0 atom stereocenters. The zero-order valence-electron chi connectivity index (χ0n) is 9.88. The highest BCUT2D eigenvalue weighted by Gasteiger charge is 2.11. The predicted molar refractivity (Wildman–Crippen MR) is 72.4 cm³/mol. The van der Waals surface area contributed by atoms with Crippen molar-refractivity contribution in [3.8, 4) is 0 Å². The number of aryl methyl sites for hydroxylation is 2. The zero-order chi connectivity index (χ0) is 12.7. The minimum atomic E-state index is 0.00606. The van der Waals surface area contributed by atoms with E-state index in [9.17, 15) is 4.79 Å². The average Bonchev–Trinajstić information content (AvgIpc) is 2.91. The molecule has 0 aromatic carbocycles. The van der Waals surface area contributed by atoms with Crippen LogP contribution in [0.4, 0.5) is 0 Å². The Hall–Kier alpha value is -1.60. The lowest BCUT2D eigenvalue weighted by atomic mass is 10.3. The topological polar surface area (TPSA) is 60.7 Å². The number of nitrogens with zero attached hydrogens (tertiary/aromatic N) is 4. The van der Waals surface area contributed by atoms with Gasteiger partial charge in [-0.25, -0.2) is 4.98 Å². The summed E-state index contributed by atoms with van der Waals surface area (Å²) in [6.07, 6.45) is 1.60. The van der Waals surface area contributed by atoms with E-state index < -0.39 is 0 Å². The van der Waals surface area contributed by atoms with Crippen molar-refractivity contribution in [3.05, 3.63) is 38.2 Å². The molecule has 3 aromatic rings. The van der Waals surface area contributed by atoms with Gasteiger partial charge in [-0.3, -0.25) is 9.36 Å². The van der Waals surface area contributed by atoms with Crippen LogP contribution < -0.4 is 5.56 Å². The molecule has 3 rings (SSSR count). The second-order valence-corrected chi connectivity index (χ2v) is 5.75. The molecule has 0 saturated heterocycles. The number of thiophene rings is 1. The Balaban J connectivity index is 2.13. The molecule has 5 nitrogen and oxygen atoms in total. The smallest absolute Gasteiger partial charge is 0.262 e. The third-order valence-electron chi connectivity index (χ3n) is 2.80. The molecule has 0 aliphatic carbocycles. The molecule has 0 amide bonds. The first-order valence-corrected chi connectivity index (χ1v) is 7.03. The number of rotatable bonds is 2. The van der Waals surface area contributed by atoms with Crippen LogP contribution in [-0.4, -0.2) is 19.1 Å². The molecule has 0 bridgehead atoms. The van der Waals surface area contributed by atoms with Crippen LogP contribution in [0.15, 0.2) is 16.5 Å². The molecule has 3 aromatic heterocycles. The minimum absolute atomic E-state index is 0.00606. The van der Waals surface area contributed by atoms with Gasteiger partial charge in [0.2, 0.25) is 0 Å². The standard InChI is InChI=1S/C11H10N4OS2/c1-6-4-17-10-9(6)11(16)15(5-12-10)3-8-7(2)13-14-18-8/h4-5H,3H2,1-2H3. The van der Waals surface area contributed by atoms with E-state index in [4.69, 9.17) is 0 Å². The van der Waals surface area contributed by atoms with Crippen molar-refractivity contribution >= 4 is 33.1 Å². The van der Waals surface area contributed by atoms with Gasteiger partial charge in [-0.1, -0.05) is 4.49 Å². The highest BCUT2D eigenvalue weighted by Crippen LogP contribution is 2.19. The van der Waals surface area contributed by atoms with Crippen LogP contribution in [0, 0.1) is 13.8 Å². The van der Waals surface area contributed by atoms with Gasteiger partial charge in [0.05, 0.1) is 28.8 Å². The first-order chi connectivity index (χ1) is 8.66. The SMILES string of the molecule is Cc1nnsc1Cn1cnc2scc(C)c2c1=O. The van der Waals surface area contributed by atoms with Crippen LogP contribution in [0.25, 0.3) is 10.2 Å². The lowest BCUT2D eigenvalue weighted by Crippen LogP contribution is -2.20. The van der Waals surface area contributed by atoms with E-state index in [0.29, 0.717) is 6.54 Å². The van der Waals surface area contributed by atoms with Gasteiger partial charge in [0.25, 0.3) is 5.56 Å². The summed E-state index contributed by atoms with van der Waals surface area (Å²) in [4.78, 5) is 18.5. The average molecular weight is 278 g/mol. The highest BCUT2D eigenvalue weighted by atomic mass is 32.1. The highest BCUT2D eigenvalue weighted by molar-refractivity contribution is 7.16. The number of hydrogen-bond donors (Lipinski definition) is 0. The van der Waals surface area contributed by atoms with E-state index in [-0.39, 0.29) is 5.56 Å². The van der Waals surface area contributed by atoms with E-state index >= 15 is 0 Å². The molecule has 0 saturated carbocycles. The van der Waals surface area contributed by atoms with E-state index in [0.717, 1.165) is 26.4 Å². The van der Waals surface area contributed by atoms with E-state index in [1.54, 1.807) is 10.9 Å². The van der Waals surface area contributed by atoms with E-state index in [1.807, 2.05) is 19.2 Å². The van der Waals surface area contributed by atoms with Crippen molar-refractivity contribution in [2.45, 2.75) is 20.4 Å². The fourth-order valence-electron chi connectivity index (χ4n) is 1.77. The second-order valence-electron chi connectivity index (χ2n) is 4.06. The summed E-state index contributed by atoms with van der Waals surface area (Å²) < 4.78 is 5.49. The molecule has 0 aliphatic heterocycles. The van der Waals surface area contributed by atoms with E-state index in [2.05, 4.69) is 14.6 Å². The zero-order valence-corrected chi connectivity index (χ0v) is 11.5. The van der Waals surface area contributed by atoms with E-state index in [1.165, 1.54) is 22.9 Å². The van der Waals surface area contributed by atoms with Crippen LogP contribution in [0.5, 0.6) is 0 Å². The Morgan fingerprint density at radius 2 is 2.22 bits per heavy atom. The fraction of sp³-hybridized carbons (Fsp3) is 0.273. The maximum absolute atomic E-state index is 12.3. The van der Waals surface area contributed by atoms with Crippen molar-refractivity contribution in [2.75, 3.05) is 0 Å². The van der Waals surface area contributed by atoms with Gasteiger partial charge in [-0.15, -0.1) is 16.4 Å². The third-order valence-corrected chi connectivity index (χ3v) is 4.62. The van der Waals surface area contributed by atoms with Crippen LogP contribution >= 0.6 is 22.9 Å². The molecule has 0 spiro atoms. The first-order valence-electron chi connectivity index (χ1n) is 5.38. The molecule has 0 unspecified atom stereocenters. The first kappa shape index (κ1) is 11.5. The fourth-order valence-corrected chi connectivity index (χ4v) is 3.28. The van der Waals surface area contributed by atoms with Gasteiger partial charge in [0.15, 0.2) is 0 Å². The third kappa shape index (κ3) is 1.75. The molecule has 92 valence electrons. The molecule has 18 heavy (non-hydrogen) atoms. The van der Waals surface area contributed by atoms with Crippen LogP contribution in [0.2, 0.25) is 0 Å². The van der Waals surface area contributed by atoms with Crippen LogP contribution in [0.1, 0.15) is 16.1 Å². The normalized spacial score (nSPS) is 11.2. The molecular formula is C11H10N4OS2. The van der Waals surface area contributed by atoms with Gasteiger partial charge < -0.3 is 0 Å². The van der Waals surface area contributed by atoms with Crippen LogP contribution in [-0.2, 0) is 6.54 Å². The molecule has 0 N–H and O–H groups in total. The predicted octanol–water partition coefficient (Wildman–Crippen LogP) is 1.97. The summed E-state index contributed by atoms with van der Waals surface area (Å²) in [6, 6.07) is 0. The quantitative estimate of drug-likeness (QED) is 0.719. The monoisotopic (exact) mass is 278 g/mol. The van der Waals surface area contributed by atoms with Gasteiger partial charge in [-0.2, -0.15) is 0 Å². The largest absolute Gasteiger partial charge is 0.293 e. The number of hydrogen-bond acceptors (Lipinski definition) is 6. The van der Waals surface area contributed by atoms with Crippen molar-refractivity contribution in [1.82, 2.24) is 19.1 Å². The number of aromatic nitrogens is 4. The summed E-state index contributed by atoms with van der Waals surface area (Å²) >= 11 is 2.82. The van der Waals surface area contributed by atoms with Gasteiger partial charge >= 0.3 is 0 Å². The maximum Gasteiger partial charge on any atom is 0.262 e. The number of fused-ring (bicyclic) bond motifs is 1. The molecular weight excluding hydrogens is 268 g/mol. The summed E-state index contributed by atoms with van der Waals surface area (Å²) in [7, 11) is 0. The van der Waals surface area contributed by atoms with Crippen molar-refractivity contribution in [3.63, 3.8) is 0 Å². The summed E-state index contributed by atoms with van der Waals surface area (Å²) in [6.45, 7) is 4.32. The minimum Gasteiger partial charge on any atom is -0.293 e. The summed E-state index contributed by atoms with van der Waals surface area (Å²) in [5.74, 6) is 0. The maximum atomic E-state index is 12.3. The second kappa shape index (κ2) is 4.25. The summed E-state index contributed by atoms with van der Waals surface area (Å²) in [5, 5.41) is 6.63. The summed E-state index contributed by atoms with van der Waals surface area (Å²) in [5.41, 5.74) is 1.86. The molecule has 7 heteroatoms. The van der Waals surface area contributed by atoms with Crippen molar-refractivity contribution in [2.24, 2.45) is 0 Å². The van der Waals surface area contributed by atoms with Gasteiger partial charge in [-0.05, 0) is 36.3 Å². The molecule has 0 fully saturated rings. The van der Waals surface area contributed by atoms with Gasteiger partial charge in [0.1, 0.15) is 4.83 Å². The lowest BCUT2D eigenvalue weighted by molar-refractivity contribution is 0.753. The Kier molecular flexibility index (Phi) is 2.71. The van der Waals surface area contributed by atoms with Crippen molar-refractivity contribution < 1.29 is 0 Å². The molecule has 0 aliphatic rings. The van der Waals surface area contributed by atoms with Crippen molar-refractivity contribution in [1.29, 1.82) is 0 Å². The Bertz CT molecular complexity index is 771. The Morgan fingerprint density at radius 3 is 2.94 bits per heavy atom. The Morgan fingerprint density at radius 1 is 1.39 bits per heavy atom. The van der Waals surface area contributed by atoms with Crippen LogP contribution in [0.3, 0.4) is 0 Å². The lowest BCUT2D eigenvalue weighted by Gasteiger charge is -2.03. The molecule has 0 radical (unpaired) electrons. The van der Waals surface area contributed by atoms with Gasteiger partial charge in [0, 0.05) is 0 Å². The molecule has 3 heterocycles. The Labute approximate surface area is 111 Å².